The molecule has 106 valence electrons. The molecule has 0 bridgehead atoms. The number of hydrogen-bond donors (Lipinski definition) is 0. The Morgan fingerprint density at radius 1 is 1.58 bits per heavy atom. The first kappa shape index (κ1) is 5.86. The topological polar surface area (TPSA) is 37.4 Å². The third kappa shape index (κ3) is 3.80. The maximum atomic E-state index is 11.9. The average Bonchev–Trinajstić information content (AvgIpc) is 2.58. The molecule has 1 fully saturated rings. The third-order valence-corrected chi connectivity index (χ3v) is 3.56. The lowest BCUT2D eigenvalue weighted by Gasteiger charge is -2.32. The van der Waals surface area contributed by atoms with E-state index in [-0.39, 0.29) is 9.80 Å². The number of likely N-dealkylation sites (tertiary alicyclic amines) is 1. The molecule has 1 aromatic carbocycles. The van der Waals surface area contributed by atoms with Crippen LogP contribution >= 0.6 is 0 Å². The van der Waals surface area contributed by atoms with Crippen LogP contribution in [0.15, 0.2) is 29.2 Å². The Morgan fingerprint density at radius 2 is 2.37 bits per heavy atom. The van der Waals surface area contributed by atoms with Crippen molar-refractivity contribution in [3.05, 3.63) is 29.8 Å². The van der Waals surface area contributed by atoms with Crippen LogP contribution in [0.2, 0.25) is 0 Å². The molecule has 0 N–H and O–H groups in total. The van der Waals surface area contributed by atoms with Crippen LogP contribution in [-0.2, 0) is 9.84 Å². The van der Waals surface area contributed by atoms with E-state index in [9.17, 15) is 8.42 Å². The van der Waals surface area contributed by atoms with Crippen LogP contribution < -0.4 is 0 Å². The summed E-state index contributed by atoms with van der Waals surface area (Å²) in [5.74, 6) is -3.24. The number of nitrogens with zero attached hydrogens (tertiary/aromatic N) is 1. The zero-order valence-electron chi connectivity index (χ0n) is 21.7. The summed E-state index contributed by atoms with van der Waals surface area (Å²) in [6, 6.07) is 4.18. The molecule has 0 saturated carbocycles. The van der Waals surface area contributed by atoms with E-state index >= 15 is 0 Å². The van der Waals surface area contributed by atoms with Crippen LogP contribution in [0.3, 0.4) is 0 Å². The van der Waals surface area contributed by atoms with E-state index in [2.05, 4.69) is 0 Å². The molecule has 0 aromatic heterocycles. The van der Waals surface area contributed by atoms with Gasteiger partial charge in [-0.2, -0.15) is 0 Å². The van der Waals surface area contributed by atoms with E-state index in [0.717, 1.165) is 30.5 Å². The van der Waals surface area contributed by atoms with E-state index in [1.54, 1.807) is 0 Å². The largest absolute Gasteiger partial charge is 0.303 e. The molecule has 0 unspecified atom stereocenters. The highest BCUT2D eigenvalue weighted by atomic mass is 32.2. The first-order valence-corrected chi connectivity index (χ1v) is 7.64. The fourth-order valence-electron chi connectivity index (χ4n) is 1.57. The monoisotopic (exact) mass is 292 g/mol. The van der Waals surface area contributed by atoms with Crippen molar-refractivity contribution < 1.29 is 23.5 Å². The second-order valence-electron chi connectivity index (χ2n) is 4.00. The Hall–Kier alpha value is -0.870. The zero-order chi connectivity index (χ0) is 23.8. The minimum absolute atomic E-state index is 0.0750. The molecule has 3 nitrogen and oxygen atoms in total. The van der Waals surface area contributed by atoms with Crippen molar-refractivity contribution in [2.75, 3.05) is 25.7 Å². The van der Waals surface area contributed by atoms with Gasteiger partial charge < -0.3 is 4.90 Å². The summed E-state index contributed by atoms with van der Waals surface area (Å²) < 4.78 is 115. The number of benzene rings is 1. The summed E-state index contributed by atoms with van der Waals surface area (Å²) in [5.41, 5.74) is -0.559. The summed E-state index contributed by atoms with van der Waals surface area (Å²) >= 11 is 0. The van der Waals surface area contributed by atoms with Gasteiger partial charge in [0.05, 0.1) is 4.90 Å². The van der Waals surface area contributed by atoms with Crippen LogP contribution in [0.25, 0.3) is 0 Å². The fourth-order valence-corrected chi connectivity index (χ4v) is 2.24. The molecular weight excluding hydrogens is 258 g/mol. The molecule has 1 aliphatic heterocycles. The van der Waals surface area contributed by atoms with Crippen LogP contribution in [0, 0.1) is 0 Å². The van der Waals surface area contributed by atoms with Gasteiger partial charge in [-0.25, -0.2) is 8.42 Å². The Balaban J connectivity index is 3.00. The Labute approximate surface area is 132 Å². The van der Waals surface area contributed by atoms with Crippen LogP contribution in [0.4, 0.5) is 0 Å². The number of sulfone groups is 1. The molecule has 19 heavy (non-hydrogen) atoms. The smallest absolute Gasteiger partial charge is 0.175 e. The zero-order valence-corrected chi connectivity index (χ0v) is 11.5. The standard InChI is InChI=1S/C15H23NO2S/c1-3-9-16-10-5-7-14(12-16)13-6-4-8-15(11-13)19(2,17)18/h4,6,8,11,14H,3,5,7,9-10,12H2,1-2H3/t14-/m0/s1/i5D2,7D2,9D2,10D2,12D2,14D. The lowest BCUT2D eigenvalue weighted by Crippen LogP contribution is -2.34. The van der Waals surface area contributed by atoms with Gasteiger partial charge in [-0.1, -0.05) is 19.1 Å². The molecule has 0 spiro atoms. The van der Waals surface area contributed by atoms with Gasteiger partial charge in [0.15, 0.2) is 9.84 Å². The highest BCUT2D eigenvalue weighted by Gasteiger charge is 2.21. The van der Waals surface area contributed by atoms with E-state index in [1.165, 1.54) is 6.92 Å². The van der Waals surface area contributed by atoms with Crippen LogP contribution in [0.5, 0.6) is 0 Å². The van der Waals surface area contributed by atoms with Crippen molar-refractivity contribution in [2.45, 2.75) is 36.9 Å². The summed E-state index contributed by atoms with van der Waals surface area (Å²) in [5, 5.41) is 0. The average molecular weight is 292 g/mol. The van der Waals surface area contributed by atoms with Gasteiger partial charge in [-0.3, -0.25) is 0 Å². The summed E-state index contributed by atoms with van der Waals surface area (Å²) in [6.45, 7) is -8.43. The molecule has 1 aliphatic rings. The second-order valence-corrected chi connectivity index (χ2v) is 6.01. The van der Waals surface area contributed by atoms with Gasteiger partial charge in [0.2, 0.25) is 0 Å². The number of piperidine rings is 1. The van der Waals surface area contributed by atoms with E-state index in [0.29, 0.717) is 0 Å². The van der Waals surface area contributed by atoms with Crippen molar-refractivity contribution in [1.82, 2.24) is 4.90 Å². The molecular formula is C15H23NO2S. The minimum Gasteiger partial charge on any atom is -0.303 e. The number of hydrogen-bond acceptors (Lipinski definition) is 3. The van der Waals surface area contributed by atoms with Crippen molar-refractivity contribution >= 4 is 9.84 Å². The summed E-state index contributed by atoms with van der Waals surface area (Å²) in [6.07, 6.45) is -6.72. The van der Waals surface area contributed by atoms with Crippen molar-refractivity contribution in [3.63, 3.8) is 0 Å². The quantitative estimate of drug-likeness (QED) is 0.856. The third-order valence-electron chi connectivity index (χ3n) is 2.45. The summed E-state index contributed by atoms with van der Waals surface area (Å²) in [7, 11) is -3.85. The van der Waals surface area contributed by atoms with Gasteiger partial charge in [0.1, 0.15) is 0 Å². The fraction of sp³-hybridized carbons (Fsp3) is 0.600. The van der Waals surface area contributed by atoms with Gasteiger partial charge in [-0.15, -0.1) is 0 Å². The van der Waals surface area contributed by atoms with Crippen molar-refractivity contribution in [3.8, 4) is 0 Å². The normalized spacial score (nSPS) is 45.3. The number of rotatable bonds is 4. The van der Waals surface area contributed by atoms with E-state index < -0.39 is 60.0 Å². The second kappa shape index (κ2) is 6.06. The Morgan fingerprint density at radius 3 is 3.05 bits per heavy atom. The minimum atomic E-state index is -3.85. The van der Waals surface area contributed by atoms with Gasteiger partial charge in [-0.05, 0) is 55.8 Å². The first-order chi connectivity index (χ1) is 13.1. The van der Waals surface area contributed by atoms with E-state index in [4.69, 9.17) is 15.1 Å². The predicted octanol–water partition coefficient (Wildman–Crippen LogP) is 2.68. The molecule has 1 saturated heterocycles. The van der Waals surface area contributed by atoms with Gasteiger partial charge >= 0.3 is 0 Å². The molecule has 2 rings (SSSR count). The van der Waals surface area contributed by atoms with Gasteiger partial charge in [0, 0.05) is 27.8 Å². The van der Waals surface area contributed by atoms with Crippen LogP contribution in [-0.4, -0.2) is 39.1 Å². The Kier molecular flexibility index (Phi) is 1.87. The van der Waals surface area contributed by atoms with Gasteiger partial charge in [0.25, 0.3) is 0 Å². The molecule has 1 atom stereocenters. The maximum Gasteiger partial charge on any atom is 0.175 e. The molecule has 1 heterocycles. The van der Waals surface area contributed by atoms with Crippen molar-refractivity contribution in [1.29, 1.82) is 0 Å². The van der Waals surface area contributed by atoms with Crippen molar-refractivity contribution in [2.24, 2.45) is 0 Å². The van der Waals surface area contributed by atoms with E-state index in [1.807, 2.05) is 0 Å². The molecule has 0 radical (unpaired) electrons. The molecule has 4 heteroatoms. The SMILES string of the molecule is [2H]C([2H])(CC)N1C([2H])([2H])C([2H])([2H])C([2H])([2H])[C@]([2H])(c2cccc(S(C)(=O)=O)c2)C1([2H])[2H]. The maximum absolute atomic E-state index is 11.9. The lowest BCUT2D eigenvalue weighted by atomic mass is 9.90. The molecule has 0 aliphatic carbocycles. The van der Waals surface area contributed by atoms with Crippen LogP contribution in [0.1, 0.15) is 52.6 Å². The lowest BCUT2D eigenvalue weighted by molar-refractivity contribution is 0.208. The Bertz CT molecular complexity index is 948. The highest BCUT2D eigenvalue weighted by Crippen LogP contribution is 2.28. The molecule has 0 amide bonds. The molecule has 1 aromatic rings. The summed E-state index contributed by atoms with van der Waals surface area (Å²) in [4.78, 5) is -0.438. The predicted molar refractivity (Wildman–Crippen MR) is 78.3 cm³/mol. The highest BCUT2D eigenvalue weighted by molar-refractivity contribution is 7.90. The first-order valence-electron chi connectivity index (χ1n) is 11.2.